The molecule has 1 fully saturated rings. The molecule has 3 aromatic rings. The lowest BCUT2D eigenvalue weighted by molar-refractivity contribution is -0.122. The van der Waals surface area contributed by atoms with Gasteiger partial charge in [-0.1, -0.05) is 55.6 Å². The zero-order valence-electron chi connectivity index (χ0n) is 17.8. The molecule has 4 rings (SSSR count). The topological polar surface area (TPSA) is 75.7 Å². The molecule has 4 amide bonds. The highest BCUT2D eigenvalue weighted by molar-refractivity contribution is 9.10. The number of carbonyl (C=O) groups is 3. The number of aryl methyl sites for hydroxylation is 1. The van der Waals surface area contributed by atoms with E-state index in [2.05, 4.69) is 37.2 Å². The fraction of sp³-hybridized carbons (Fsp3) is 0.0800. The van der Waals surface area contributed by atoms with Crippen molar-refractivity contribution < 1.29 is 19.1 Å². The van der Waals surface area contributed by atoms with Crippen LogP contribution in [0.15, 0.2) is 75.2 Å². The second-order valence-electron chi connectivity index (χ2n) is 7.49. The maximum Gasteiger partial charge on any atom is 0.335 e. The van der Waals surface area contributed by atoms with E-state index in [0.717, 1.165) is 19.4 Å². The summed E-state index contributed by atoms with van der Waals surface area (Å²) in [5, 5.41) is 2.87. The van der Waals surface area contributed by atoms with Crippen molar-refractivity contribution in [1.82, 2.24) is 5.32 Å². The molecule has 0 aliphatic carbocycles. The van der Waals surface area contributed by atoms with Crippen molar-refractivity contribution in [2.45, 2.75) is 13.5 Å². The molecule has 1 heterocycles. The second-order valence-corrected chi connectivity index (χ2v) is 9.75. The third kappa shape index (κ3) is 5.24. The molecule has 0 atom stereocenters. The quantitative estimate of drug-likeness (QED) is 0.270. The predicted molar refractivity (Wildman–Crippen MR) is 138 cm³/mol. The normalized spacial score (nSPS) is 15.0. The molecule has 0 aromatic heterocycles. The van der Waals surface area contributed by atoms with Crippen LogP contribution >= 0.6 is 43.5 Å². The highest BCUT2D eigenvalue weighted by Crippen LogP contribution is 2.30. The summed E-state index contributed by atoms with van der Waals surface area (Å²) in [6.45, 7) is 2.04. The number of urea groups is 1. The van der Waals surface area contributed by atoms with Crippen molar-refractivity contribution in [2.75, 3.05) is 4.90 Å². The molecule has 0 unspecified atom stereocenters. The highest BCUT2D eigenvalue weighted by atomic mass is 79.9. The van der Waals surface area contributed by atoms with E-state index in [1.54, 1.807) is 55.5 Å². The van der Waals surface area contributed by atoms with Crippen LogP contribution in [0.5, 0.6) is 5.75 Å². The van der Waals surface area contributed by atoms with Crippen molar-refractivity contribution in [2.24, 2.45) is 0 Å². The number of ether oxygens (including phenoxy) is 1. The lowest BCUT2D eigenvalue weighted by Gasteiger charge is -2.27. The van der Waals surface area contributed by atoms with Gasteiger partial charge in [0.2, 0.25) is 0 Å². The molecule has 0 spiro atoms. The van der Waals surface area contributed by atoms with E-state index in [4.69, 9.17) is 16.3 Å². The summed E-state index contributed by atoms with van der Waals surface area (Å²) in [4.78, 5) is 39.4. The molecule has 1 saturated heterocycles. The molecule has 9 heteroatoms. The zero-order chi connectivity index (χ0) is 24.4. The average molecular weight is 605 g/mol. The van der Waals surface area contributed by atoms with Gasteiger partial charge in [-0.2, -0.15) is 0 Å². The number of imide groups is 2. The summed E-state index contributed by atoms with van der Waals surface area (Å²) >= 11 is 12.7. The van der Waals surface area contributed by atoms with Gasteiger partial charge in [0.05, 0.1) is 5.69 Å². The van der Waals surface area contributed by atoms with Crippen LogP contribution in [0.3, 0.4) is 0 Å². The predicted octanol–water partition coefficient (Wildman–Crippen LogP) is 6.42. The third-order valence-electron chi connectivity index (χ3n) is 5.08. The third-order valence-corrected chi connectivity index (χ3v) is 6.32. The van der Waals surface area contributed by atoms with Crippen LogP contribution < -0.4 is 15.0 Å². The van der Waals surface area contributed by atoms with E-state index in [1.807, 2.05) is 12.1 Å². The van der Waals surface area contributed by atoms with E-state index in [9.17, 15) is 14.4 Å². The number of nitrogens with zero attached hydrogens (tertiary/aromatic N) is 1. The van der Waals surface area contributed by atoms with Crippen LogP contribution in [-0.4, -0.2) is 17.8 Å². The van der Waals surface area contributed by atoms with Gasteiger partial charge in [0.1, 0.15) is 17.9 Å². The molecular formula is C25H17Br2ClN2O4. The van der Waals surface area contributed by atoms with Gasteiger partial charge < -0.3 is 4.74 Å². The van der Waals surface area contributed by atoms with Crippen LogP contribution in [-0.2, 0) is 16.2 Å². The van der Waals surface area contributed by atoms with Gasteiger partial charge >= 0.3 is 6.03 Å². The Hall–Kier alpha value is -2.94. The number of halogens is 3. The van der Waals surface area contributed by atoms with Gasteiger partial charge in [-0.15, -0.1) is 0 Å². The Morgan fingerprint density at radius 3 is 2.35 bits per heavy atom. The first-order valence-corrected chi connectivity index (χ1v) is 12.0. The van der Waals surface area contributed by atoms with Crippen molar-refractivity contribution in [3.63, 3.8) is 0 Å². The SMILES string of the molecule is Cc1cc(Br)ccc1N1C(=O)NC(=O)/C(=C/c2cc(Br)ccc2OCc2ccc(Cl)cc2)C1=O. The Labute approximate surface area is 217 Å². The second kappa shape index (κ2) is 10.1. The van der Waals surface area contributed by atoms with E-state index in [-0.39, 0.29) is 12.2 Å². The van der Waals surface area contributed by atoms with Gasteiger partial charge in [0.15, 0.2) is 0 Å². The molecule has 1 aliphatic heterocycles. The summed E-state index contributed by atoms with van der Waals surface area (Å²) in [6, 6.07) is 16.8. The zero-order valence-corrected chi connectivity index (χ0v) is 21.7. The first-order valence-electron chi connectivity index (χ1n) is 10.1. The molecule has 0 radical (unpaired) electrons. The molecule has 3 aromatic carbocycles. The van der Waals surface area contributed by atoms with Gasteiger partial charge in [-0.05, 0) is 72.7 Å². The summed E-state index contributed by atoms with van der Waals surface area (Å²) in [6.07, 6.45) is 1.42. The number of hydrogen-bond acceptors (Lipinski definition) is 4. The van der Waals surface area contributed by atoms with Crippen LogP contribution in [0.1, 0.15) is 16.7 Å². The Balaban J connectivity index is 1.68. The molecular weight excluding hydrogens is 588 g/mol. The summed E-state index contributed by atoms with van der Waals surface area (Å²) in [5.41, 5.74) is 2.30. The monoisotopic (exact) mass is 602 g/mol. The number of nitrogens with one attached hydrogen (secondary N) is 1. The van der Waals surface area contributed by atoms with Crippen molar-refractivity contribution in [3.8, 4) is 5.75 Å². The Morgan fingerprint density at radius 1 is 0.971 bits per heavy atom. The van der Waals surface area contributed by atoms with Gasteiger partial charge in [-0.3, -0.25) is 14.9 Å². The minimum atomic E-state index is -0.800. The minimum absolute atomic E-state index is 0.184. The number of hydrogen-bond donors (Lipinski definition) is 1. The summed E-state index contributed by atoms with van der Waals surface area (Å²) < 4.78 is 7.50. The summed E-state index contributed by atoms with van der Waals surface area (Å²) in [7, 11) is 0. The molecule has 6 nitrogen and oxygen atoms in total. The first-order chi connectivity index (χ1) is 16.2. The largest absolute Gasteiger partial charge is 0.488 e. The highest BCUT2D eigenvalue weighted by Gasteiger charge is 2.37. The van der Waals surface area contributed by atoms with E-state index in [1.165, 1.54) is 6.08 Å². The Morgan fingerprint density at radius 2 is 1.65 bits per heavy atom. The lowest BCUT2D eigenvalue weighted by atomic mass is 10.0. The van der Waals surface area contributed by atoms with Crippen molar-refractivity contribution in [1.29, 1.82) is 0 Å². The first kappa shape index (κ1) is 24.2. The van der Waals surface area contributed by atoms with Crippen LogP contribution in [0.4, 0.5) is 10.5 Å². The fourth-order valence-electron chi connectivity index (χ4n) is 3.41. The number of barbiturate groups is 1. The van der Waals surface area contributed by atoms with Crippen LogP contribution in [0.2, 0.25) is 5.02 Å². The maximum atomic E-state index is 13.3. The minimum Gasteiger partial charge on any atom is -0.488 e. The van der Waals surface area contributed by atoms with E-state index < -0.39 is 17.8 Å². The fourth-order valence-corrected chi connectivity index (χ4v) is 4.39. The molecule has 34 heavy (non-hydrogen) atoms. The lowest BCUT2D eigenvalue weighted by Crippen LogP contribution is -2.54. The molecule has 1 N–H and O–H groups in total. The Kier molecular flexibility index (Phi) is 7.21. The van der Waals surface area contributed by atoms with E-state index >= 15 is 0 Å². The van der Waals surface area contributed by atoms with Crippen molar-refractivity contribution >= 4 is 73.1 Å². The number of benzene rings is 3. The smallest absolute Gasteiger partial charge is 0.335 e. The number of rotatable bonds is 5. The Bertz CT molecular complexity index is 1340. The number of carbonyl (C=O) groups excluding carboxylic acids is 3. The van der Waals surface area contributed by atoms with Crippen LogP contribution in [0, 0.1) is 6.92 Å². The van der Waals surface area contributed by atoms with Gasteiger partial charge in [0, 0.05) is 19.5 Å². The molecule has 172 valence electrons. The summed E-state index contributed by atoms with van der Waals surface area (Å²) in [5.74, 6) is -1.03. The van der Waals surface area contributed by atoms with E-state index in [0.29, 0.717) is 27.6 Å². The number of amides is 4. The van der Waals surface area contributed by atoms with Gasteiger partial charge in [0.25, 0.3) is 11.8 Å². The molecule has 0 bridgehead atoms. The molecule has 1 aliphatic rings. The molecule has 0 saturated carbocycles. The van der Waals surface area contributed by atoms with Gasteiger partial charge in [-0.25, -0.2) is 9.69 Å². The number of anilines is 1. The van der Waals surface area contributed by atoms with Crippen LogP contribution in [0.25, 0.3) is 6.08 Å². The average Bonchev–Trinajstić information content (AvgIpc) is 2.78. The van der Waals surface area contributed by atoms with Crippen molar-refractivity contribution in [3.05, 3.63) is 96.9 Å². The maximum absolute atomic E-state index is 13.3. The standard InChI is InChI=1S/C25H17Br2ClN2O4/c1-14-10-17(26)4-8-21(14)30-24(32)20(23(31)29-25(30)33)12-16-11-18(27)5-9-22(16)34-13-15-2-6-19(28)7-3-15/h2-12H,13H2,1H3,(H,29,31,33)/b20-12-.